The van der Waals surface area contributed by atoms with Crippen LogP contribution in [0.4, 0.5) is 5.95 Å². The topological polar surface area (TPSA) is 151 Å². The summed E-state index contributed by atoms with van der Waals surface area (Å²) in [5.74, 6) is -1.35. The van der Waals surface area contributed by atoms with Crippen molar-refractivity contribution in [3.05, 3.63) is 113 Å². The van der Waals surface area contributed by atoms with Crippen molar-refractivity contribution in [2.24, 2.45) is 0 Å². The molecule has 0 aliphatic heterocycles. The van der Waals surface area contributed by atoms with E-state index in [1.54, 1.807) is 36.9 Å². The van der Waals surface area contributed by atoms with Gasteiger partial charge in [-0.05, 0) is 89.0 Å². The number of aryl methyl sites for hydroxylation is 2. The van der Waals surface area contributed by atoms with Crippen LogP contribution >= 0.6 is 0 Å². The maximum Gasteiger partial charge on any atom is 0.352 e. The van der Waals surface area contributed by atoms with Crippen molar-refractivity contribution in [3.63, 3.8) is 0 Å². The summed E-state index contributed by atoms with van der Waals surface area (Å²) < 4.78 is 1.56. The lowest BCUT2D eigenvalue weighted by Gasteiger charge is -2.14. The Bertz CT molecular complexity index is 1980. The van der Waals surface area contributed by atoms with Gasteiger partial charge >= 0.3 is 5.97 Å². The molecule has 6 aromatic rings. The van der Waals surface area contributed by atoms with Gasteiger partial charge in [0.05, 0.1) is 11.2 Å². The number of hydrogen-bond donors (Lipinski definition) is 4. The molecule has 0 saturated heterocycles. The van der Waals surface area contributed by atoms with Gasteiger partial charge in [-0.25, -0.2) is 4.79 Å². The Morgan fingerprint density at radius 3 is 2.64 bits per heavy atom. The summed E-state index contributed by atoms with van der Waals surface area (Å²) in [5, 5.41) is 29.8. The van der Waals surface area contributed by atoms with Crippen molar-refractivity contribution >= 4 is 45.7 Å². The fourth-order valence-corrected chi connectivity index (χ4v) is 5.04. The number of amides is 1. The first-order valence-corrected chi connectivity index (χ1v) is 13.2. The minimum atomic E-state index is -1.26. The lowest BCUT2D eigenvalue weighted by molar-refractivity contribution is -0.132. The second-order valence-electron chi connectivity index (χ2n) is 9.86. The molecule has 3 heterocycles. The molecular weight excluding hydrogens is 532 g/mol. The van der Waals surface area contributed by atoms with E-state index in [0.717, 1.165) is 27.4 Å². The molecular formula is C31H26N8O3. The summed E-state index contributed by atoms with van der Waals surface area (Å²) in [7, 11) is 0. The first-order chi connectivity index (χ1) is 20.4. The van der Waals surface area contributed by atoms with Gasteiger partial charge in [0.1, 0.15) is 5.70 Å². The highest BCUT2D eigenvalue weighted by atomic mass is 16.4. The fourth-order valence-electron chi connectivity index (χ4n) is 5.04. The molecule has 3 aromatic heterocycles. The highest BCUT2D eigenvalue weighted by molar-refractivity contribution is 6.04. The third-order valence-corrected chi connectivity index (χ3v) is 6.98. The van der Waals surface area contributed by atoms with Gasteiger partial charge < -0.3 is 20.7 Å². The van der Waals surface area contributed by atoms with E-state index in [2.05, 4.69) is 36.1 Å². The Labute approximate surface area is 239 Å². The first kappa shape index (κ1) is 26.4. The number of nitrogens with one attached hydrogen (secondary N) is 3. The van der Waals surface area contributed by atoms with Crippen LogP contribution in [0.1, 0.15) is 32.6 Å². The standard InChI is InChI=1S/C31H26N8O3/c1-18-12-23(39-31(36-37-38-39)34-17-22-7-5-9-26-24(22)10-11-32-26)13-19(2)28(18)29(40)35-27(30(41)42)15-20-14-21-6-3-4-8-25(21)33-16-20/h3-16,32H,17H2,1-2H3,(H,35,40)(H,41,42)(H,34,36,38)/b27-15-. The van der Waals surface area contributed by atoms with Crippen molar-refractivity contribution < 1.29 is 14.7 Å². The minimum Gasteiger partial charge on any atom is -0.477 e. The number of anilines is 1. The number of rotatable bonds is 8. The average molecular weight is 559 g/mol. The molecule has 1 amide bonds. The predicted molar refractivity (Wildman–Crippen MR) is 159 cm³/mol. The molecule has 0 aliphatic rings. The highest BCUT2D eigenvalue weighted by Crippen LogP contribution is 2.23. The maximum absolute atomic E-state index is 13.3. The molecule has 6 rings (SSSR count). The molecule has 0 atom stereocenters. The van der Waals surface area contributed by atoms with Gasteiger partial charge in [0.2, 0.25) is 5.95 Å². The third-order valence-electron chi connectivity index (χ3n) is 6.98. The minimum absolute atomic E-state index is 0.260. The van der Waals surface area contributed by atoms with Crippen molar-refractivity contribution in [1.82, 2.24) is 35.5 Å². The van der Waals surface area contributed by atoms with Gasteiger partial charge in [0.25, 0.3) is 5.91 Å². The van der Waals surface area contributed by atoms with E-state index in [-0.39, 0.29) is 5.70 Å². The van der Waals surface area contributed by atoms with Crippen LogP contribution in [-0.4, -0.2) is 47.2 Å². The van der Waals surface area contributed by atoms with Gasteiger partial charge in [0, 0.05) is 40.8 Å². The Morgan fingerprint density at radius 2 is 1.83 bits per heavy atom. The molecule has 208 valence electrons. The van der Waals surface area contributed by atoms with Crippen LogP contribution in [0.25, 0.3) is 33.6 Å². The monoisotopic (exact) mass is 558 g/mol. The predicted octanol–water partition coefficient (Wildman–Crippen LogP) is 4.78. The number of carbonyl (C=O) groups is 2. The van der Waals surface area contributed by atoms with Crippen LogP contribution in [0.2, 0.25) is 0 Å². The number of carboxylic acids is 1. The number of carbonyl (C=O) groups excluding carboxylic acids is 1. The van der Waals surface area contributed by atoms with Gasteiger partial charge in [-0.15, -0.1) is 0 Å². The number of pyridine rings is 1. The van der Waals surface area contributed by atoms with Gasteiger partial charge in [-0.3, -0.25) is 9.78 Å². The van der Waals surface area contributed by atoms with Crippen LogP contribution in [-0.2, 0) is 11.3 Å². The first-order valence-electron chi connectivity index (χ1n) is 13.2. The smallest absolute Gasteiger partial charge is 0.352 e. The van der Waals surface area contributed by atoms with E-state index in [9.17, 15) is 14.7 Å². The van der Waals surface area contributed by atoms with Crippen LogP contribution in [0, 0.1) is 13.8 Å². The Kier molecular flexibility index (Phi) is 6.89. The van der Waals surface area contributed by atoms with Crippen molar-refractivity contribution in [1.29, 1.82) is 0 Å². The molecule has 0 bridgehead atoms. The van der Waals surface area contributed by atoms with Crippen molar-refractivity contribution in [3.8, 4) is 5.69 Å². The van der Waals surface area contributed by atoms with E-state index >= 15 is 0 Å². The van der Waals surface area contributed by atoms with E-state index in [1.165, 1.54) is 6.08 Å². The number of carboxylic acid groups (broad SMARTS) is 1. The molecule has 0 unspecified atom stereocenters. The number of aromatic nitrogens is 6. The van der Waals surface area contributed by atoms with Crippen molar-refractivity contribution in [2.75, 3.05) is 5.32 Å². The lowest BCUT2D eigenvalue weighted by atomic mass is 10.0. The summed E-state index contributed by atoms with van der Waals surface area (Å²) in [6.07, 6.45) is 4.86. The number of benzene rings is 3. The molecule has 0 fully saturated rings. The molecule has 42 heavy (non-hydrogen) atoms. The zero-order valence-corrected chi connectivity index (χ0v) is 22.8. The number of hydrogen-bond acceptors (Lipinski definition) is 7. The molecule has 0 saturated carbocycles. The number of aromatic amines is 1. The second-order valence-corrected chi connectivity index (χ2v) is 9.86. The summed E-state index contributed by atoms with van der Waals surface area (Å²) in [6.45, 7) is 4.07. The summed E-state index contributed by atoms with van der Waals surface area (Å²) in [5.41, 5.74) is 5.52. The third kappa shape index (κ3) is 5.18. The van der Waals surface area contributed by atoms with Gasteiger partial charge in [0.15, 0.2) is 0 Å². The Hall–Kier alpha value is -5.84. The highest BCUT2D eigenvalue weighted by Gasteiger charge is 2.19. The van der Waals surface area contributed by atoms with E-state index < -0.39 is 11.9 Å². The molecule has 0 aliphatic carbocycles. The van der Waals surface area contributed by atoms with Gasteiger partial charge in [-0.2, -0.15) is 4.68 Å². The molecule has 3 aromatic carbocycles. The molecule has 0 radical (unpaired) electrons. The number of aliphatic carboxylic acids is 1. The van der Waals surface area contributed by atoms with Crippen LogP contribution in [0.5, 0.6) is 0 Å². The number of H-pyrrole nitrogens is 1. The largest absolute Gasteiger partial charge is 0.477 e. The number of fused-ring (bicyclic) bond motifs is 2. The quantitative estimate of drug-likeness (QED) is 0.195. The molecule has 4 N–H and O–H groups in total. The Morgan fingerprint density at radius 1 is 1.02 bits per heavy atom. The van der Waals surface area contributed by atoms with Crippen LogP contribution in [0.15, 0.2) is 84.8 Å². The van der Waals surface area contributed by atoms with Crippen LogP contribution < -0.4 is 10.6 Å². The Balaban J connectivity index is 1.23. The van der Waals surface area contributed by atoms with E-state index in [4.69, 9.17) is 0 Å². The normalized spacial score (nSPS) is 11.6. The number of nitrogens with zero attached hydrogens (tertiary/aromatic N) is 5. The summed E-state index contributed by atoms with van der Waals surface area (Å²) >= 11 is 0. The SMILES string of the molecule is Cc1cc(-n2nnnc2NCc2cccc3[nH]ccc23)cc(C)c1C(=O)N/C(=C\c1cnc2ccccc2c1)C(=O)O. The molecule has 11 nitrogen and oxygen atoms in total. The zero-order chi connectivity index (χ0) is 29.2. The van der Waals surface area contributed by atoms with Gasteiger partial charge in [-0.1, -0.05) is 35.4 Å². The number of para-hydroxylation sites is 1. The zero-order valence-electron chi connectivity index (χ0n) is 22.8. The van der Waals surface area contributed by atoms with E-state index in [0.29, 0.717) is 40.4 Å². The summed E-state index contributed by atoms with van der Waals surface area (Å²) in [6, 6.07) is 21.0. The lowest BCUT2D eigenvalue weighted by Crippen LogP contribution is -2.28. The van der Waals surface area contributed by atoms with E-state index in [1.807, 2.05) is 60.8 Å². The van der Waals surface area contributed by atoms with Crippen LogP contribution in [0.3, 0.4) is 0 Å². The number of tetrazole rings is 1. The molecule has 11 heteroatoms. The average Bonchev–Trinajstić information content (AvgIpc) is 3.65. The molecule has 0 spiro atoms. The fraction of sp³-hybridized carbons (Fsp3) is 0.0968. The second kappa shape index (κ2) is 11.0. The maximum atomic E-state index is 13.3. The van der Waals surface area contributed by atoms with Crippen molar-refractivity contribution in [2.45, 2.75) is 20.4 Å². The summed E-state index contributed by atoms with van der Waals surface area (Å²) in [4.78, 5) is 32.9.